The number of nitrogens with zero attached hydrogens (tertiary/aromatic N) is 2. The zero-order valence-electron chi connectivity index (χ0n) is 31.2. The van der Waals surface area contributed by atoms with Gasteiger partial charge >= 0.3 is 0 Å². The molecule has 4 unspecified atom stereocenters. The number of aliphatic imine (C=N–C) groups is 2. The molecule has 0 bridgehead atoms. The van der Waals surface area contributed by atoms with Crippen molar-refractivity contribution in [3.8, 4) is 11.1 Å². The Morgan fingerprint density at radius 1 is 0.630 bits per heavy atom. The maximum Gasteiger partial charge on any atom is 0.169 e. The predicted octanol–water partition coefficient (Wildman–Crippen LogP) is 12.1. The molecule has 2 fully saturated rings. The minimum absolute atomic E-state index is 0.205. The number of hydrogen-bond donors (Lipinski definition) is 1. The maximum absolute atomic E-state index is 5.15. The largest absolute Gasteiger partial charge is 0.328 e. The van der Waals surface area contributed by atoms with E-state index in [2.05, 4.69) is 139 Å². The number of hydrogen-bond acceptors (Lipinski definition) is 3. The molecule has 0 saturated heterocycles. The quantitative estimate of drug-likeness (QED) is 0.226. The van der Waals surface area contributed by atoms with Gasteiger partial charge in [0, 0.05) is 28.2 Å². The van der Waals surface area contributed by atoms with Gasteiger partial charge in [-0.15, -0.1) is 0 Å². The van der Waals surface area contributed by atoms with Gasteiger partial charge in [0.2, 0.25) is 0 Å². The van der Waals surface area contributed by atoms with Gasteiger partial charge in [-0.1, -0.05) is 166 Å². The molecule has 2 saturated carbocycles. The van der Waals surface area contributed by atoms with E-state index in [0.717, 1.165) is 29.2 Å². The second-order valence-electron chi connectivity index (χ2n) is 17.1. The van der Waals surface area contributed by atoms with E-state index in [-0.39, 0.29) is 22.9 Å². The number of amidine groups is 2. The van der Waals surface area contributed by atoms with Crippen LogP contribution in [0.4, 0.5) is 0 Å². The Morgan fingerprint density at radius 3 is 2.19 bits per heavy atom. The van der Waals surface area contributed by atoms with Crippen molar-refractivity contribution in [3.63, 3.8) is 0 Å². The van der Waals surface area contributed by atoms with Crippen LogP contribution in [0.3, 0.4) is 0 Å². The van der Waals surface area contributed by atoms with Crippen LogP contribution in [0.25, 0.3) is 16.7 Å². The van der Waals surface area contributed by atoms with Crippen molar-refractivity contribution in [1.82, 2.24) is 5.32 Å². The number of benzene rings is 4. The van der Waals surface area contributed by atoms with E-state index in [1.54, 1.807) is 22.3 Å². The Kier molecular flexibility index (Phi) is 7.68. The van der Waals surface area contributed by atoms with Crippen LogP contribution in [0.5, 0.6) is 0 Å². The summed E-state index contributed by atoms with van der Waals surface area (Å²) in [5, 5.41) is 3.65. The first kappa shape index (κ1) is 32.4. The highest BCUT2D eigenvalue weighted by Gasteiger charge is 2.53. The van der Waals surface area contributed by atoms with Crippen molar-refractivity contribution in [3.05, 3.63) is 172 Å². The van der Waals surface area contributed by atoms with Crippen molar-refractivity contribution < 1.29 is 0 Å². The Hall–Kier alpha value is -5.02. The lowest BCUT2D eigenvalue weighted by Crippen LogP contribution is -2.39. The molecule has 1 heterocycles. The first-order valence-electron chi connectivity index (χ1n) is 20.8. The summed E-state index contributed by atoms with van der Waals surface area (Å²) in [6.45, 7) is 0. The van der Waals surface area contributed by atoms with Gasteiger partial charge < -0.3 is 5.32 Å². The summed E-state index contributed by atoms with van der Waals surface area (Å²) < 4.78 is 0. The molecule has 6 aliphatic carbocycles. The number of nitrogens with one attached hydrogen (secondary N) is 1. The third-order valence-electron chi connectivity index (χ3n) is 14.3. The first-order chi connectivity index (χ1) is 26.7. The van der Waals surface area contributed by atoms with Gasteiger partial charge in [-0.3, -0.25) is 0 Å². The van der Waals surface area contributed by atoms with E-state index in [9.17, 15) is 0 Å². The van der Waals surface area contributed by atoms with Gasteiger partial charge in [-0.25, -0.2) is 9.98 Å². The fraction of sp³-hybridized carbons (Fsp3) is 0.333. The second-order valence-corrected chi connectivity index (χ2v) is 17.1. The number of rotatable bonds is 4. The molecule has 1 aliphatic heterocycles. The van der Waals surface area contributed by atoms with E-state index in [0.29, 0.717) is 11.8 Å². The summed E-state index contributed by atoms with van der Waals surface area (Å²) in [5.41, 5.74) is 14.9. The summed E-state index contributed by atoms with van der Waals surface area (Å²) in [4.78, 5) is 10.3. The van der Waals surface area contributed by atoms with E-state index in [1.807, 2.05) is 0 Å². The average Bonchev–Trinajstić information content (AvgIpc) is 3.66. The molecule has 7 aliphatic rings. The molecule has 0 aromatic heterocycles. The molecule has 3 nitrogen and oxygen atoms in total. The SMILES string of the molecule is C1=CCC(C2=NC(c3ccccc3)N=C(c3ccc(C4=CC5c6cc7c(cc6C6(CCCCC6)C5C=C4)C4(CCCCC4)c4ccccc4-7)cc3)N2)C=C1. The van der Waals surface area contributed by atoms with Crippen molar-refractivity contribution in [2.24, 2.45) is 21.8 Å². The fourth-order valence-corrected chi connectivity index (χ4v) is 11.7. The van der Waals surface area contributed by atoms with Crippen molar-refractivity contribution in [2.75, 3.05) is 0 Å². The monoisotopic (exact) mass is 703 g/mol. The van der Waals surface area contributed by atoms with E-state index < -0.39 is 0 Å². The molecule has 11 rings (SSSR count). The highest BCUT2D eigenvalue weighted by atomic mass is 15.2. The second kappa shape index (κ2) is 12.8. The molecule has 4 atom stereocenters. The summed E-state index contributed by atoms with van der Waals surface area (Å²) in [5.74, 6) is 3.05. The zero-order valence-corrected chi connectivity index (χ0v) is 31.2. The summed E-state index contributed by atoms with van der Waals surface area (Å²) >= 11 is 0. The predicted molar refractivity (Wildman–Crippen MR) is 223 cm³/mol. The normalized spacial score (nSPS) is 26.6. The molecule has 4 aromatic carbocycles. The molecular weight excluding hydrogens is 655 g/mol. The van der Waals surface area contributed by atoms with E-state index in [1.165, 1.54) is 86.5 Å². The van der Waals surface area contributed by atoms with Gasteiger partial charge in [0.15, 0.2) is 6.17 Å². The van der Waals surface area contributed by atoms with Crippen LogP contribution in [0.2, 0.25) is 0 Å². The first-order valence-corrected chi connectivity index (χ1v) is 20.8. The molecule has 54 heavy (non-hydrogen) atoms. The summed E-state index contributed by atoms with van der Waals surface area (Å²) in [6.07, 6.45) is 30.5. The van der Waals surface area contributed by atoms with E-state index >= 15 is 0 Å². The Bertz CT molecular complexity index is 2300. The molecule has 4 aromatic rings. The molecule has 1 N–H and O–H groups in total. The van der Waals surface area contributed by atoms with Gasteiger partial charge in [-0.05, 0) is 94.2 Å². The van der Waals surface area contributed by atoms with Crippen LogP contribution in [0.15, 0.2) is 144 Å². The van der Waals surface area contributed by atoms with Crippen LogP contribution >= 0.6 is 0 Å². The van der Waals surface area contributed by atoms with Crippen LogP contribution in [-0.2, 0) is 10.8 Å². The highest BCUT2D eigenvalue weighted by Crippen LogP contribution is 2.64. The molecular formula is C51H49N3. The van der Waals surface area contributed by atoms with Crippen LogP contribution in [0, 0.1) is 11.8 Å². The van der Waals surface area contributed by atoms with Gasteiger partial charge in [0.05, 0.1) is 0 Å². The summed E-state index contributed by atoms with van der Waals surface area (Å²) in [7, 11) is 0. The fourth-order valence-electron chi connectivity index (χ4n) is 11.7. The van der Waals surface area contributed by atoms with Crippen molar-refractivity contribution >= 4 is 17.2 Å². The molecule has 0 amide bonds. The third kappa shape index (κ3) is 5.00. The lowest BCUT2D eigenvalue weighted by molar-refractivity contribution is 0.233. The standard InChI is InChI=1S/C51H49N3/c1-5-15-35(16-6-1)47-52-48(36-17-7-2-8-18-36)54-49(53-47)37-23-21-34(22-24-37)38-25-26-44-40(31-38)42-32-41-39-19-9-10-20-43(39)50(27-11-3-12-28-50)45(41)33-46(42)51(44)29-13-4-14-30-51/h1-2,5-10,15-17,19-26,31-33,36,40,44,47H,3-4,11-14,18,27-30H2,(H,52,53,54). The van der Waals surface area contributed by atoms with Crippen LogP contribution < -0.4 is 5.32 Å². The minimum Gasteiger partial charge on any atom is -0.328 e. The number of fused-ring (bicyclic) bond motifs is 10. The van der Waals surface area contributed by atoms with Crippen LogP contribution in [0.1, 0.15) is 122 Å². The Balaban J connectivity index is 0.954. The summed E-state index contributed by atoms with van der Waals surface area (Å²) in [6, 6.07) is 34.5. The topological polar surface area (TPSA) is 36.8 Å². The molecule has 268 valence electrons. The highest BCUT2D eigenvalue weighted by molar-refractivity contribution is 6.11. The zero-order chi connectivity index (χ0) is 35.7. The lowest BCUT2D eigenvalue weighted by Gasteiger charge is -2.41. The molecule has 3 heteroatoms. The van der Waals surface area contributed by atoms with Crippen molar-refractivity contribution in [2.45, 2.75) is 93.5 Å². The average molecular weight is 704 g/mol. The molecule has 2 spiro atoms. The van der Waals surface area contributed by atoms with Crippen molar-refractivity contribution in [1.29, 1.82) is 0 Å². The number of allylic oxidation sites excluding steroid dienone is 7. The third-order valence-corrected chi connectivity index (χ3v) is 14.3. The van der Waals surface area contributed by atoms with Gasteiger partial charge in [0.25, 0.3) is 0 Å². The van der Waals surface area contributed by atoms with E-state index in [4.69, 9.17) is 9.98 Å². The smallest absolute Gasteiger partial charge is 0.169 e. The molecule has 0 radical (unpaired) electrons. The Labute approximate surface area is 320 Å². The maximum atomic E-state index is 5.15. The van der Waals surface area contributed by atoms with Gasteiger partial charge in [-0.2, -0.15) is 0 Å². The Morgan fingerprint density at radius 2 is 1.39 bits per heavy atom. The van der Waals surface area contributed by atoms with Gasteiger partial charge in [0.1, 0.15) is 11.7 Å². The van der Waals surface area contributed by atoms with Crippen LogP contribution in [-0.4, -0.2) is 11.7 Å². The minimum atomic E-state index is -0.256. The lowest BCUT2D eigenvalue weighted by atomic mass is 9.62.